The molecule has 2 saturated heterocycles. The highest BCUT2D eigenvalue weighted by molar-refractivity contribution is 5.94. The van der Waals surface area contributed by atoms with Gasteiger partial charge in [-0.05, 0) is 30.7 Å². The highest BCUT2D eigenvalue weighted by Crippen LogP contribution is 2.26. The van der Waals surface area contributed by atoms with Crippen LogP contribution in [0, 0.1) is 17.5 Å². The van der Waals surface area contributed by atoms with Gasteiger partial charge in [0.1, 0.15) is 5.82 Å². The summed E-state index contributed by atoms with van der Waals surface area (Å²) in [5.74, 6) is -3.93. The van der Waals surface area contributed by atoms with E-state index < -0.39 is 23.3 Å². The third-order valence-corrected chi connectivity index (χ3v) is 5.31. The van der Waals surface area contributed by atoms with Crippen molar-refractivity contribution in [3.8, 4) is 0 Å². The van der Waals surface area contributed by atoms with Crippen molar-refractivity contribution in [3.63, 3.8) is 0 Å². The highest BCUT2D eigenvalue weighted by Gasteiger charge is 2.42. The van der Waals surface area contributed by atoms with Crippen molar-refractivity contribution in [1.29, 1.82) is 0 Å². The highest BCUT2D eigenvalue weighted by atomic mass is 19.2. The lowest BCUT2D eigenvalue weighted by molar-refractivity contribution is -0.261. The van der Waals surface area contributed by atoms with E-state index in [0.29, 0.717) is 38.3 Å². The molecule has 9 heteroatoms. The summed E-state index contributed by atoms with van der Waals surface area (Å²) >= 11 is 0. The van der Waals surface area contributed by atoms with Crippen molar-refractivity contribution in [2.24, 2.45) is 0 Å². The van der Waals surface area contributed by atoms with E-state index in [1.807, 2.05) is 4.90 Å². The maximum absolute atomic E-state index is 14.0. The number of carbonyl (C=O) groups excluding carboxylic acids is 1. The van der Waals surface area contributed by atoms with Crippen LogP contribution in [0.5, 0.6) is 0 Å². The standard InChI is InChI=1S/C21H22F3N3O3/c22-17-3-2-15(10-18(17)23)20(28)27-7-9-30-21(14-27)13-26(6-1-8-29-21)12-16-4-5-25-11-19(16)24/h2-5,10-11H,1,6-9,12-14H2. The Morgan fingerprint density at radius 1 is 1.03 bits per heavy atom. The first-order valence-electron chi connectivity index (χ1n) is 9.79. The Balaban J connectivity index is 1.50. The van der Waals surface area contributed by atoms with Crippen LogP contribution in [0.3, 0.4) is 0 Å². The number of ether oxygens (including phenoxy) is 2. The SMILES string of the molecule is O=C(c1ccc(F)c(F)c1)N1CCOC2(CN(Cc3ccncc3F)CCCO2)C1. The minimum atomic E-state index is -1.07. The van der Waals surface area contributed by atoms with E-state index in [2.05, 4.69) is 4.98 Å². The third-order valence-electron chi connectivity index (χ3n) is 5.31. The quantitative estimate of drug-likeness (QED) is 0.763. The van der Waals surface area contributed by atoms with Gasteiger partial charge in [-0.2, -0.15) is 0 Å². The topological polar surface area (TPSA) is 54.9 Å². The fourth-order valence-electron chi connectivity index (χ4n) is 3.85. The van der Waals surface area contributed by atoms with Gasteiger partial charge in [-0.15, -0.1) is 0 Å². The van der Waals surface area contributed by atoms with Gasteiger partial charge in [0.25, 0.3) is 5.91 Å². The minimum absolute atomic E-state index is 0.0651. The lowest BCUT2D eigenvalue weighted by Crippen LogP contribution is -2.59. The molecule has 0 radical (unpaired) electrons. The summed E-state index contributed by atoms with van der Waals surface area (Å²) in [5, 5.41) is 0. The molecule has 1 aromatic heterocycles. The molecule has 0 aliphatic carbocycles. The second kappa shape index (κ2) is 8.71. The number of carbonyl (C=O) groups is 1. The summed E-state index contributed by atoms with van der Waals surface area (Å²) in [6.45, 7) is 2.51. The number of aromatic nitrogens is 1. The van der Waals surface area contributed by atoms with Crippen LogP contribution in [-0.2, 0) is 16.0 Å². The number of hydrogen-bond donors (Lipinski definition) is 0. The number of benzene rings is 1. The zero-order valence-corrected chi connectivity index (χ0v) is 16.3. The summed E-state index contributed by atoms with van der Waals surface area (Å²) in [6, 6.07) is 4.72. The molecule has 4 rings (SSSR count). The number of nitrogens with zero attached hydrogens (tertiary/aromatic N) is 3. The molecule has 2 fully saturated rings. The van der Waals surface area contributed by atoms with Gasteiger partial charge in [-0.1, -0.05) is 0 Å². The van der Waals surface area contributed by atoms with E-state index in [1.54, 1.807) is 12.3 Å². The monoisotopic (exact) mass is 421 g/mol. The van der Waals surface area contributed by atoms with Crippen molar-refractivity contribution in [2.45, 2.75) is 18.8 Å². The lowest BCUT2D eigenvalue weighted by Gasteiger charge is -2.43. The van der Waals surface area contributed by atoms with Crippen molar-refractivity contribution in [1.82, 2.24) is 14.8 Å². The van der Waals surface area contributed by atoms with Crippen LogP contribution in [0.1, 0.15) is 22.3 Å². The summed E-state index contributed by atoms with van der Waals surface area (Å²) in [7, 11) is 0. The van der Waals surface area contributed by atoms with Gasteiger partial charge in [0, 0.05) is 37.0 Å². The zero-order chi connectivity index (χ0) is 21.1. The van der Waals surface area contributed by atoms with E-state index in [1.165, 1.54) is 17.2 Å². The Bertz CT molecular complexity index is 929. The molecular weight excluding hydrogens is 399 g/mol. The summed E-state index contributed by atoms with van der Waals surface area (Å²) in [5.41, 5.74) is 0.586. The predicted octanol–water partition coefficient (Wildman–Crippen LogP) is 2.59. The summed E-state index contributed by atoms with van der Waals surface area (Å²) < 4.78 is 52.7. The van der Waals surface area contributed by atoms with Crippen LogP contribution in [0.15, 0.2) is 36.7 Å². The molecule has 2 aliphatic rings. The van der Waals surface area contributed by atoms with Crippen LogP contribution in [0.25, 0.3) is 0 Å². The molecule has 6 nitrogen and oxygen atoms in total. The van der Waals surface area contributed by atoms with Crippen molar-refractivity contribution in [3.05, 3.63) is 65.2 Å². The molecular formula is C21H22F3N3O3. The number of halogens is 3. The van der Waals surface area contributed by atoms with Gasteiger partial charge in [-0.3, -0.25) is 14.7 Å². The Morgan fingerprint density at radius 3 is 2.67 bits per heavy atom. The van der Waals surface area contributed by atoms with Crippen LogP contribution in [0.2, 0.25) is 0 Å². The van der Waals surface area contributed by atoms with Gasteiger partial charge in [-0.25, -0.2) is 13.2 Å². The molecule has 160 valence electrons. The fourth-order valence-corrected chi connectivity index (χ4v) is 3.85. The first-order chi connectivity index (χ1) is 14.5. The Labute approximate surface area is 172 Å². The van der Waals surface area contributed by atoms with Gasteiger partial charge < -0.3 is 14.4 Å². The molecule has 0 saturated carbocycles. The molecule has 30 heavy (non-hydrogen) atoms. The Kier molecular flexibility index (Phi) is 6.03. The number of morpholine rings is 1. The average molecular weight is 421 g/mol. The largest absolute Gasteiger partial charge is 0.347 e. The first kappa shape index (κ1) is 20.8. The molecule has 1 spiro atoms. The van der Waals surface area contributed by atoms with Crippen molar-refractivity contribution >= 4 is 5.91 Å². The van der Waals surface area contributed by atoms with Gasteiger partial charge in [0.05, 0.1) is 32.5 Å². The molecule has 3 heterocycles. The average Bonchev–Trinajstić information content (AvgIpc) is 2.93. The summed E-state index contributed by atoms with van der Waals surface area (Å²) in [6.07, 6.45) is 3.45. The Hall–Kier alpha value is -2.49. The van der Waals surface area contributed by atoms with E-state index in [0.717, 1.165) is 18.6 Å². The molecule has 1 amide bonds. The number of rotatable bonds is 3. The molecule has 1 unspecified atom stereocenters. The van der Waals surface area contributed by atoms with Crippen LogP contribution in [-0.4, -0.2) is 65.9 Å². The summed E-state index contributed by atoms with van der Waals surface area (Å²) in [4.78, 5) is 20.2. The fraction of sp³-hybridized carbons (Fsp3) is 0.429. The second-order valence-electron chi connectivity index (χ2n) is 7.49. The maximum Gasteiger partial charge on any atom is 0.254 e. The van der Waals surface area contributed by atoms with E-state index in [9.17, 15) is 18.0 Å². The molecule has 0 bridgehead atoms. The van der Waals surface area contributed by atoms with E-state index in [-0.39, 0.29) is 24.5 Å². The third kappa shape index (κ3) is 4.48. The second-order valence-corrected chi connectivity index (χ2v) is 7.49. The number of hydrogen-bond acceptors (Lipinski definition) is 5. The molecule has 0 N–H and O–H groups in total. The van der Waals surface area contributed by atoms with E-state index in [4.69, 9.17) is 9.47 Å². The van der Waals surface area contributed by atoms with Gasteiger partial charge >= 0.3 is 0 Å². The van der Waals surface area contributed by atoms with Gasteiger partial charge in [0.2, 0.25) is 0 Å². The molecule has 1 atom stereocenters. The minimum Gasteiger partial charge on any atom is -0.347 e. The lowest BCUT2D eigenvalue weighted by atomic mass is 10.1. The molecule has 2 aromatic rings. The smallest absolute Gasteiger partial charge is 0.254 e. The predicted molar refractivity (Wildman–Crippen MR) is 101 cm³/mol. The van der Waals surface area contributed by atoms with Crippen molar-refractivity contribution in [2.75, 3.05) is 39.4 Å². The van der Waals surface area contributed by atoms with Crippen LogP contribution < -0.4 is 0 Å². The van der Waals surface area contributed by atoms with Gasteiger partial charge in [0.15, 0.2) is 17.4 Å². The normalized spacial score (nSPS) is 22.8. The number of amides is 1. The number of pyridine rings is 1. The maximum atomic E-state index is 14.0. The zero-order valence-electron chi connectivity index (χ0n) is 16.3. The van der Waals surface area contributed by atoms with E-state index >= 15 is 0 Å². The Morgan fingerprint density at radius 2 is 1.87 bits per heavy atom. The van der Waals surface area contributed by atoms with Crippen molar-refractivity contribution < 1.29 is 27.4 Å². The first-order valence-corrected chi connectivity index (χ1v) is 9.79. The molecule has 1 aromatic carbocycles. The molecule has 2 aliphatic heterocycles. The van der Waals surface area contributed by atoms with Crippen LogP contribution in [0.4, 0.5) is 13.2 Å². The van der Waals surface area contributed by atoms with Crippen LogP contribution >= 0.6 is 0 Å².